The molecule has 1 amide bonds. The van der Waals surface area contributed by atoms with Crippen LogP contribution in [-0.2, 0) is 23.9 Å². The van der Waals surface area contributed by atoms with Gasteiger partial charge in [-0.1, -0.05) is 96.8 Å². The maximum absolute atomic E-state index is 11.7. The van der Waals surface area contributed by atoms with Crippen LogP contribution in [0.3, 0.4) is 0 Å². The quantitative estimate of drug-likeness (QED) is 0.189. The zero-order valence-electron chi connectivity index (χ0n) is 20.6. The van der Waals surface area contributed by atoms with Gasteiger partial charge in [-0.3, -0.25) is 14.4 Å². The first-order chi connectivity index (χ1) is 14.8. The van der Waals surface area contributed by atoms with Crippen molar-refractivity contribution in [3.8, 4) is 0 Å². The van der Waals surface area contributed by atoms with Crippen molar-refractivity contribution in [3.05, 3.63) is 0 Å². The minimum atomic E-state index is -0.861. The number of carbonyl (C=O) groups is 3. The van der Waals surface area contributed by atoms with Crippen LogP contribution in [0.1, 0.15) is 124 Å². The first kappa shape index (κ1) is 29.4. The first-order valence-corrected chi connectivity index (χ1v) is 12.4. The number of amides is 1. The number of ether oxygens (including phenoxy) is 2. The fraction of sp³-hybridized carbons (Fsp3) is 0.880. The van der Waals surface area contributed by atoms with Crippen LogP contribution in [0.25, 0.3) is 0 Å². The lowest BCUT2D eigenvalue weighted by Crippen LogP contribution is -2.55. The van der Waals surface area contributed by atoms with E-state index in [4.69, 9.17) is 9.47 Å². The highest BCUT2D eigenvalue weighted by Crippen LogP contribution is 2.19. The van der Waals surface area contributed by atoms with Gasteiger partial charge in [-0.2, -0.15) is 0 Å². The molecule has 0 heterocycles. The standard InChI is InChI=1S/C25H47NO5/c1-5-6-7-8-9-10-11-12-13-14-15-16-17-18-19-25(26-22(2)27,20-30-23(3)28)21-31-24(4)29/h5-21H2,1-4H3,(H,26,27). The van der Waals surface area contributed by atoms with Crippen LogP contribution in [0.15, 0.2) is 0 Å². The van der Waals surface area contributed by atoms with Gasteiger partial charge in [0.15, 0.2) is 0 Å². The summed E-state index contributed by atoms with van der Waals surface area (Å²) < 4.78 is 10.3. The summed E-state index contributed by atoms with van der Waals surface area (Å²) in [6.07, 6.45) is 18.4. The Morgan fingerprint density at radius 2 is 0.968 bits per heavy atom. The van der Waals surface area contributed by atoms with E-state index in [1.165, 1.54) is 91.4 Å². The lowest BCUT2D eigenvalue weighted by molar-refractivity contribution is -0.150. The molecule has 0 atom stereocenters. The van der Waals surface area contributed by atoms with Crippen LogP contribution >= 0.6 is 0 Å². The van der Waals surface area contributed by atoms with Crippen molar-refractivity contribution in [1.82, 2.24) is 5.32 Å². The fourth-order valence-electron chi connectivity index (χ4n) is 3.83. The Hall–Kier alpha value is -1.59. The number of rotatable bonds is 20. The SMILES string of the molecule is CCCCCCCCCCCCCCCCC(COC(C)=O)(COC(C)=O)NC(C)=O. The summed E-state index contributed by atoms with van der Waals surface area (Å²) in [4.78, 5) is 34.3. The molecule has 0 aliphatic rings. The molecule has 6 nitrogen and oxygen atoms in total. The lowest BCUT2D eigenvalue weighted by atomic mass is 9.92. The average molecular weight is 442 g/mol. The van der Waals surface area contributed by atoms with Gasteiger partial charge < -0.3 is 14.8 Å². The van der Waals surface area contributed by atoms with Gasteiger partial charge in [0.05, 0.1) is 0 Å². The molecule has 0 aromatic heterocycles. The summed E-state index contributed by atoms with van der Waals surface area (Å²) in [5.74, 6) is -1.07. The second-order valence-corrected chi connectivity index (χ2v) is 8.87. The second kappa shape index (κ2) is 19.1. The number of unbranched alkanes of at least 4 members (excludes halogenated alkanes) is 13. The zero-order valence-corrected chi connectivity index (χ0v) is 20.6. The maximum atomic E-state index is 11.7. The van der Waals surface area contributed by atoms with E-state index in [-0.39, 0.29) is 19.1 Å². The first-order valence-electron chi connectivity index (χ1n) is 12.4. The normalized spacial score (nSPS) is 11.2. The van der Waals surface area contributed by atoms with Crippen LogP contribution < -0.4 is 5.32 Å². The van der Waals surface area contributed by atoms with E-state index in [2.05, 4.69) is 12.2 Å². The molecule has 0 radical (unpaired) electrons. The molecule has 31 heavy (non-hydrogen) atoms. The molecule has 1 N–H and O–H groups in total. The van der Waals surface area contributed by atoms with Crippen molar-refractivity contribution in [2.24, 2.45) is 0 Å². The molecular formula is C25H47NO5. The lowest BCUT2D eigenvalue weighted by Gasteiger charge is -2.33. The van der Waals surface area contributed by atoms with Gasteiger partial charge in [-0.15, -0.1) is 0 Å². The van der Waals surface area contributed by atoms with Gasteiger partial charge in [0, 0.05) is 20.8 Å². The average Bonchev–Trinajstić information content (AvgIpc) is 2.70. The van der Waals surface area contributed by atoms with E-state index < -0.39 is 17.5 Å². The van der Waals surface area contributed by atoms with Crippen LogP contribution in [-0.4, -0.2) is 36.6 Å². The van der Waals surface area contributed by atoms with E-state index in [0.717, 1.165) is 19.3 Å². The Morgan fingerprint density at radius 3 is 1.29 bits per heavy atom. The molecule has 0 saturated heterocycles. The summed E-state index contributed by atoms with van der Waals surface area (Å²) in [6.45, 7) is 6.35. The van der Waals surface area contributed by atoms with Crippen molar-refractivity contribution in [2.75, 3.05) is 13.2 Å². The molecule has 0 bridgehead atoms. The third-order valence-corrected chi connectivity index (χ3v) is 5.55. The number of esters is 2. The van der Waals surface area contributed by atoms with Gasteiger partial charge in [0.25, 0.3) is 0 Å². The number of carbonyl (C=O) groups excluding carboxylic acids is 3. The highest BCUT2D eigenvalue weighted by Gasteiger charge is 2.33. The summed E-state index contributed by atoms with van der Waals surface area (Å²) in [6, 6.07) is 0. The number of hydrogen-bond donors (Lipinski definition) is 1. The minimum Gasteiger partial charge on any atom is -0.463 e. The highest BCUT2D eigenvalue weighted by molar-refractivity contribution is 5.74. The Morgan fingerprint density at radius 1 is 0.613 bits per heavy atom. The molecule has 0 aliphatic carbocycles. The van der Waals surface area contributed by atoms with Crippen LogP contribution in [0.5, 0.6) is 0 Å². The third-order valence-electron chi connectivity index (χ3n) is 5.55. The Bertz CT molecular complexity index is 474. The minimum absolute atomic E-state index is 0.00758. The molecule has 0 aromatic carbocycles. The van der Waals surface area contributed by atoms with Gasteiger partial charge in [0.1, 0.15) is 18.8 Å². The smallest absolute Gasteiger partial charge is 0.302 e. The molecule has 0 fully saturated rings. The predicted octanol–water partition coefficient (Wildman–Crippen LogP) is 5.86. The van der Waals surface area contributed by atoms with E-state index in [1.807, 2.05) is 0 Å². The second-order valence-electron chi connectivity index (χ2n) is 8.87. The predicted molar refractivity (Wildman–Crippen MR) is 125 cm³/mol. The summed E-state index contributed by atoms with van der Waals surface area (Å²) in [5.41, 5.74) is -0.861. The molecular weight excluding hydrogens is 394 g/mol. The van der Waals surface area contributed by atoms with Crippen molar-refractivity contribution >= 4 is 17.8 Å². The number of hydrogen-bond acceptors (Lipinski definition) is 5. The summed E-state index contributed by atoms with van der Waals surface area (Å²) in [5, 5.41) is 2.86. The highest BCUT2D eigenvalue weighted by atomic mass is 16.5. The van der Waals surface area contributed by atoms with Crippen LogP contribution in [0.4, 0.5) is 0 Å². The molecule has 0 unspecified atom stereocenters. The van der Waals surface area contributed by atoms with Crippen molar-refractivity contribution < 1.29 is 23.9 Å². The largest absolute Gasteiger partial charge is 0.463 e. The molecule has 0 aliphatic heterocycles. The summed E-state index contributed by atoms with van der Waals surface area (Å²) >= 11 is 0. The van der Waals surface area contributed by atoms with Gasteiger partial charge in [-0.05, 0) is 6.42 Å². The van der Waals surface area contributed by atoms with Crippen molar-refractivity contribution in [2.45, 2.75) is 130 Å². The van der Waals surface area contributed by atoms with Crippen molar-refractivity contribution in [1.29, 1.82) is 0 Å². The zero-order chi connectivity index (χ0) is 23.4. The molecule has 0 saturated carbocycles. The van der Waals surface area contributed by atoms with E-state index in [0.29, 0.717) is 6.42 Å². The molecule has 0 rings (SSSR count). The van der Waals surface area contributed by atoms with Crippen LogP contribution in [0, 0.1) is 0 Å². The summed E-state index contributed by atoms with van der Waals surface area (Å²) in [7, 11) is 0. The third kappa shape index (κ3) is 18.9. The number of nitrogens with one attached hydrogen (secondary N) is 1. The Kier molecular flexibility index (Phi) is 18.1. The van der Waals surface area contributed by atoms with E-state index in [9.17, 15) is 14.4 Å². The Balaban J connectivity index is 4.07. The molecule has 0 spiro atoms. The van der Waals surface area contributed by atoms with Crippen LogP contribution in [0.2, 0.25) is 0 Å². The van der Waals surface area contributed by atoms with Crippen molar-refractivity contribution in [3.63, 3.8) is 0 Å². The molecule has 0 aromatic rings. The molecule has 182 valence electrons. The topological polar surface area (TPSA) is 81.7 Å². The molecule has 6 heteroatoms. The Labute approximate surface area is 190 Å². The van der Waals surface area contributed by atoms with Gasteiger partial charge in [-0.25, -0.2) is 0 Å². The van der Waals surface area contributed by atoms with E-state index >= 15 is 0 Å². The monoisotopic (exact) mass is 441 g/mol. The fourth-order valence-corrected chi connectivity index (χ4v) is 3.83. The van der Waals surface area contributed by atoms with Gasteiger partial charge in [0.2, 0.25) is 5.91 Å². The van der Waals surface area contributed by atoms with E-state index in [1.54, 1.807) is 0 Å². The van der Waals surface area contributed by atoms with Gasteiger partial charge >= 0.3 is 11.9 Å². The maximum Gasteiger partial charge on any atom is 0.302 e.